The van der Waals surface area contributed by atoms with Crippen LogP contribution in [-0.4, -0.2) is 18.2 Å². The molecule has 0 radical (unpaired) electrons. The Bertz CT molecular complexity index is 1020. The Morgan fingerprint density at radius 1 is 0.759 bits per heavy atom. The Morgan fingerprint density at radius 2 is 1.34 bits per heavy atom. The van der Waals surface area contributed by atoms with Crippen LogP contribution in [0.2, 0.25) is 0 Å². The molecule has 0 saturated heterocycles. The van der Waals surface area contributed by atoms with Gasteiger partial charge in [-0.2, -0.15) is 0 Å². The van der Waals surface area contributed by atoms with E-state index in [-0.39, 0.29) is 11.7 Å². The predicted octanol–water partition coefficient (Wildman–Crippen LogP) is 5.15. The summed E-state index contributed by atoms with van der Waals surface area (Å²) < 4.78 is 6.11. The van der Waals surface area contributed by atoms with E-state index >= 15 is 0 Å². The molecular weight excluding hydrogens is 373 g/mol. The number of ether oxygens (including phenoxy) is 1. The van der Waals surface area contributed by atoms with E-state index in [0.29, 0.717) is 6.61 Å². The minimum Gasteiger partial charge on any atom is -0.475 e. The van der Waals surface area contributed by atoms with Crippen LogP contribution in [0.15, 0.2) is 120 Å². The van der Waals surface area contributed by atoms with Crippen molar-refractivity contribution < 1.29 is 4.74 Å². The fourth-order valence-corrected chi connectivity index (χ4v) is 6.59. The molecule has 1 aliphatic carbocycles. The van der Waals surface area contributed by atoms with E-state index < -0.39 is 7.92 Å². The van der Waals surface area contributed by atoms with Gasteiger partial charge in [-0.1, -0.05) is 109 Å². The summed E-state index contributed by atoms with van der Waals surface area (Å²) in [5.41, 5.74) is 2.67. The van der Waals surface area contributed by atoms with Crippen LogP contribution in [0.25, 0.3) is 0 Å². The average molecular weight is 395 g/mol. The standard InChI is InChI=1S/C26H22NOP/c1-4-11-20(12-5-1)24-19-28-26(27-24)23-17-10-18-25(23)29(21-13-6-2-7-14-21)22-15-8-3-9-16-22/h1-18,24-25H,19H2/t24-,25?/m0/s1. The number of rotatable bonds is 5. The summed E-state index contributed by atoms with van der Waals surface area (Å²) in [6, 6.07) is 32.1. The monoisotopic (exact) mass is 395 g/mol. The fraction of sp³-hybridized carbons (Fsp3) is 0.115. The molecule has 0 aromatic heterocycles. The van der Waals surface area contributed by atoms with Crippen LogP contribution in [0.3, 0.4) is 0 Å². The lowest BCUT2D eigenvalue weighted by molar-refractivity contribution is 0.319. The number of benzene rings is 3. The zero-order valence-corrected chi connectivity index (χ0v) is 17.0. The second-order valence-electron chi connectivity index (χ2n) is 7.16. The topological polar surface area (TPSA) is 21.6 Å². The first-order valence-corrected chi connectivity index (χ1v) is 11.3. The lowest BCUT2D eigenvalue weighted by atomic mass is 10.1. The summed E-state index contributed by atoms with van der Waals surface area (Å²) in [7, 11) is -0.592. The maximum absolute atomic E-state index is 6.11. The molecule has 142 valence electrons. The number of hydrogen-bond donors (Lipinski definition) is 0. The van der Waals surface area contributed by atoms with Crippen molar-refractivity contribution in [1.82, 2.24) is 0 Å². The molecule has 0 amide bonds. The van der Waals surface area contributed by atoms with Crippen LogP contribution < -0.4 is 10.6 Å². The van der Waals surface area contributed by atoms with Gasteiger partial charge in [-0.3, -0.25) is 0 Å². The summed E-state index contributed by atoms with van der Waals surface area (Å²) >= 11 is 0. The van der Waals surface area contributed by atoms with Crippen LogP contribution >= 0.6 is 7.92 Å². The molecule has 0 bridgehead atoms. The molecule has 5 rings (SSSR count). The first-order chi connectivity index (χ1) is 14.4. The Labute approximate surface area is 173 Å². The highest BCUT2D eigenvalue weighted by atomic mass is 31.1. The molecule has 2 nitrogen and oxygen atoms in total. The smallest absolute Gasteiger partial charge is 0.213 e. The molecule has 2 atom stereocenters. The van der Waals surface area contributed by atoms with Gasteiger partial charge in [0.05, 0.1) is 0 Å². The lowest BCUT2D eigenvalue weighted by Crippen LogP contribution is -2.24. The molecule has 1 aliphatic heterocycles. The van der Waals surface area contributed by atoms with Crippen LogP contribution in [0.4, 0.5) is 0 Å². The normalized spacial score (nSPS) is 20.4. The van der Waals surface area contributed by atoms with Gasteiger partial charge in [0.25, 0.3) is 0 Å². The average Bonchev–Trinajstić information content (AvgIpc) is 3.46. The van der Waals surface area contributed by atoms with E-state index in [1.165, 1.54) is 21.7 Å². The van der Waals surface area contributed by atoms with Gasteiger partial charge in [-0.05, 0) is 24.1 Å². The predicted molar refractivity (Wildman–Crippen MR) is 123 cm³/mol. The Balaban J connectivity index is 1.49. The van der Waals surface area contributed by atoms with Crippen molar-refractivity contribution in [1.29, 1.82) is 0 Å². The second kappa shape index (κ2) is 8.19. The van der Waals surface area contributed by atoms with E-state index in [1.807, 2.05) is 6.07 Å². The summed E-state index contributed by atoms with van der Waals surface area (Å²) in [5, 5.41) is 2.74. The highest BCUT2D eigenvalue weighted by Crippen LogP contribution is 2.46. The largest absolute Gasteiger partial charge is 0.475 e. The molecule has 0 saturated carbocycles. The van der Waals surface area contributed by atoms with Gasteiger partial charge in [-0.15, -0.1) is 0 Å². The van der Waals surface area contributed by atoms with Crippen molar-refractivity contribution in [2.24, 2.45) is 4.99 Å². The van der Waals surface area contributed by atoms with E-state index in [2.05, 4.69) is 103 Å². The Hall–Kier alpha value is -2.96. The third-order valence-electron chi connectivity index (χ3n) is 5.32. The molecule has 0 fully saturated rings. The molecule has 3 aromatic carbocycles. The van der Waals surface area contributed by atoms with Gasteiger partial charge >= 0.3 is 0 Å². The first kappa shape index (κ1) is 18.1. The fourth-order valence-electron chi connectivity index (χ4n) is 3.91. The second-order valence-corrected chi connectivity index (χ2v) is 9.49. The molecular formula is C26H22NOP. The molecule has 1 unspecified atom stereocenters. The van der Waals surface area contributed by atoms with Gasteiger partial charge in [-0.25, -0.2) is 4.99 Å². The van der Waals surface area contributed by atoms with Gasteiger partial charge in [0, 0.05) is 11.2 Å². The van der Waals surface area contributed by atoms with Gasteiger partial charge < -0.3 is 4.74 Å². The molecule has 3 aromatic rings. The number of allylic oxidation sites excluding steroid dienone is 3. The lowest BCUT2D eigenvalue weighted by Gasteiger charge is -2.26. The minimum absolute atomic E-state index is 0.0769. The number of nitrogens with zero attached hydrogens (tertiary/aromatic N) is 1. The first-order valence-electron chi connectivity index (χ1n) is 9.94. The summed E-state index contributed by atoms with van der Waals surface area (Å²) in [6.07, 6.45) is 6.64. The Morgan fingerprint density at radius 3 is 1.97 bits per heavy atom. The van der Waals surface area contributed by atoms with Crippen molar-refractivity contribution in [3.63, 3.8) is 0 Å². The third kappa shape index (κ3) is 3.69. The van der Waals surface area contributed by atoms with Crippen LogP contribution in [0, 0.1) is 0 Å². The van der Waals surface area contributed by atoms with Crippen molar-refractivity contribution in [3.05, 3.63) is 120 Å². The Kier molecular flexibility index (Phi) is 5.11. The molecule has 0 spiro atoms. The van der Waals surface area contributed by atoms with Gasteiger partial charge in [0.2, 0.25) is 5.90 Å². The van der Waals surface area contributed by atoms with Crippen LogP contribution in [-0.2, 0) is 4.74 Å². The summed E-state index contributed by atoms with van der Waals surface area (Å²) in [5.74, 6) is 0.799. The van der Waals surface area contributed by atoms with Gasteiger partial charge in [0.1, 0.15) is 12.6 Å². The molecule has 29 heavy (non-hydrogen) atoms. The van der Waals surface area contributed by atoms with E-state index in [1.54, 1.807) is 0 Å². The van der Waals surface area contributed by atoms with Crippen LogP contribution in [0.5, 0.6) is 0 Å². The van der Waals surface area contributed by atoms with Crippen molar-refractivity contribution in [2.75, 3.05) is 6.61 Å². The van der Waals surface area contributed by atoms with E-state index in [9.17, 15) is 0 Å². The zero-order valence-electron chi connectivity index (χ0n) is 16.1. The van der Waals surface area contributed by atoms with Crippen molar-refractivity contribution in [2.45, 2.75) is 11.7 Å². The highest BCUT2D eigenvalue weighted by molar-refractivity contribution is 7.74. The number of aliphatic imine (C=N–C) groups is 1. The van der Waals surface area contributed by atoms with Gasteiger partial charge in [0.15, 0.2) is 0 Å². The molecule has 1 heterocycles. The molecule has 2 aliphatic rings. The van der Waals surface area contributed by atoms with E-state index in [0.717, 1.165) is 5.90 Å². The third-order valence-corrected chi connectivity index (χ3v) is 8.03. The quantitative estimate of drug-likeness (QED) is 0.547. The van der Waals surface area contributed by atoms with Crippen LogP contribution in [0.1, 0.15) is 11.6 Å². The SMILES string of the molecule is C1=CC(P(c2ccccc2)c2ccccc2)C(C2=N[C@H](c3ccccc3)CO2)=C1. The van der Waals surface area contributed by atoms with E-state index in [4.69, 9.17) is 9.73 Å². The van der Waals surface area contributed by atoms with Crippen molar-refractivity contribution >= 4 is 24.4 Å². The molecule has 3 heteroatoms. The minimum atomic E-state index is -0.592. The maximum atomic E-state index is 6.11. The highest BCUT2D eigenvalue weighted by Gasteiger charge is 2.33. The summed E-state index contributed by atoms with van der Waals surface area (Å²) in [4.78, 5) is 4.96. The molecule has 0 N–H and O–H groups in total. The number of hydrogen-bond acceptors (Lipinski definition) is 2. The zero-order chi connectivity index (χ0) is 19.5. The maximum Gasteiger partial charge on any atom is 0.213 e. The summed E-state index contributed by atoms with van der Waals surface area (Å²) in [6.45, 7) is 0.609. The van der Waals surface area contributed by atoms with Crippen molar-refractivity contribution in [3.8, 4) is 0 Å².